The minimum atomic E-state index is -1.41. The Morgan fingerprint density at radius 2 is 2.06 bits per heavy atom. The van der Waals surface area contributed by atoms with Gasteiger partial charge >= 0.3 is 5.97 Å². The number of H-pyrrole nitrogens is 1. The number of halogens is 2. The number of hydrogen-bond donors (Lipinski definition) is 2. The molecule has 82 valence electrons. The van der Waals surface area contributed by atoms with Crippen LogP contribution in [0, 0.1) is 0 Å². The molecule has 0 bridgehead atoms. The van der Waals surface area contributed by atoms with Gasteiger partial charge in [-0.05, 0) is 12.1 Å². The molecule has 5 nitrogen and oxygen atoms in total. The van der Waals surface area contributed by atoms with Gasteiger partial charge in [0.2, 0.25) is 5.69 Å². The second-order valence-corrected chi connectivity index (χ2v) is 3.85. The average molecular weight is 259 g/mol. The Bertz CT molecular complexity index is 651. The Balaban J connectivity index is 2.90. The summed E-state index contributed by atoms with van der Waals surface area (Å²) in [4.78, 5) is 28.0. The van der Waals surface area contributed by atoms with Crippen molar-refractivity contribution in [1.29, 1.82) is 0 Å². The van der Waals surface area contributed by atoms with Crippen LogP contribution in [0.15, 0.2) is 16.9 Å². The van der Waals surface area contributed by atoms with E-state index in [-0.39, 0.29) is 10.5 Å². The van der Waals surface area contributed by atoms with Gasteiger partial charge in [-0.3, -0.25) is 4.79 Å². The quantitative estimate of drug-likeness (QED) is 0.819. The summed E-state index contributed by atoms with van der Waals surface area (Å²) in [6, 6.07) is 2.87. The Morgan fingerprint density at radius 1 is 1.38 bits per heavy atom. The fraction of sp³-hybridized carbons (Fsp3) is 0. The largest absolute Gasteiger partial charge is 0.476 e. The lowest BCUT2D eigenvalue weighted by atomic mass is 10.3. The van der Waals surface area contributed by atoms with E-state index in [4.69, 9.17) is 28.3 Å². The summed E-state index contributed by atoms with van der Waals surface area (Å²) in [6.07, 6.45) is 0. The van der Waals surface area contributed by atoms with Crippen molar-refractivity contribution in [3.05, 3.63) is 38.2 Å². The molecular formula is C9H4Cl2N2O3. The van der Waals surface area contributed by atoms with E-state index in [1.807, 2.05) is 0 Å². The van der Waals surface area contributed by atoms with Crippen LogP contribution in [-0.4, -0.2) is 21.0 Å². The molecule has 0 saturated heterocycles. The highest BCUT2D eigenvalue weighted by Gasteiger charge is 2.13. The maximum absolute atomic E-state index is 11.3. The summed E-state index contributed by atoms with van der Waals surface area (Å²) in [5, 5.41) is 9.23. The Kier molecular flexibility index (Phi) is 2.57. The molecule has 1 heterocycles. The molecule has 0 saturated carbocycles. The van der Waals surface area contributed by atoms with E-state index in [9.17, 15) is 9.59 Å². The summed E-state index contributed by atoms with van der Waals surface area (Å²) in [5.41, 5.74) is -0.898. The molecule has 0 fully saturated rings. The number of carboxylic acid groups (broad SMARTS) is 1. The predicted octanol–water partition coefficient (Wildman–Crippen LogP) is 1.93. The summed E-state index contributed by atoms with van der Waals surface area (Å²) < 4.78 is 0. The number of rotatable bonds is 1. The highest BCUT2D eigenvalue weighted by Crippen LogP contribution is 2.24. The summed E-state index contributed by atoms with van der Waals surface area (Å²) in [5.74, 6) is -1.41. The van der Waals surface area contributed by atoms with Gasteiger partial charge in [-0.2, -0.15) is 0 Å². The van der Waals surface area contributed by atoms with Gasteiger partial charge in [0.25, 0.3) is 5.56 Å². The lowest BCUT2D eigenvalue weighted by Crippen LogP contribution is -2.19. The van der Waals surface area contributed by atoms with Crippen LogP contribution in [0.25, 0.3) is 11.0 Å². The highest BCUT2D eigenvalue weighted by atomic mass is 35.5. The molecule has 0 aliphatic heterocycles. The van der Waals surface area contributed by atoms with Crippen LogP contribution in [0.3, 0.4) is 0 Å². The number of carboxylic acids is 1. The molecule has 0 aliphatic carbocycles. The van der Waals surface area contributed by atoms with Gasteiger partial charge in [-0.25, -0.2) is 9.78 Å². The van der Waals surface area contributed by atoms with Crippen LogP contribution in [-0.2, 0) is 0 Å². The highest BCUT2D eigenvalue weighted by molar-refractivity contribution is 6.38. The third-order valence-corrected chi connectivity index (χ3v) is 2.42. The van der Waals surface area contributed by atoms with Gasteiger partial charge in [0.05, 0.1) is 10.5 Å². The van der Waals surface area contributed by atoms with Crippen molar-refractivity contribution in [2.75, 3.05) is 0 Å². The number of nitrogens with one attached hydrogen (secondary N) is 1. The molecule has 0 radical (unpaired) electrons. The zero-order chi connectivity index (χ0) is 11.9. The molecule has 1 aromatic carbocycles. The average Bonchev–Trinajstić information content (AvgIpc) is 2.15. The first-order valence-electron chi connectivity index (χ1n) is 4.11. The van der Waals surface area contributed by atoms with Crippen LogP contribution >= 0.6 is 23.2 Å². The molecular weight excluding hydrogens is 255 g/mol. The van der Waals surface area contributed by atoms with E-state index >= 15 is 0 Å². The minimum Gasteiger partial charge on any atom is -0.476 e. The molecule has 0 unspecified atom stereocenters. The SMILES string of the molecule is O=C(O)c1nc2c(Cl)cc(Cl)cc2[nH]c1=O. The molecule has 1 aromatic heterocycles. The number of fused-ring (bicyclic) bond motifs is 1. The van der Waals surface area contributed by atoms with Crippen molar-refractivity contribution in [1.82, 2.24) is 9.97 Å². The van der Waals surface area contributed by atoms with Crippen LogP contribution < -0.4 is 5.56 Å². The van der Waals surface area contributed by atoms with Crippen molar-refractivity contribution in [3.63, 3.8) is 0 Å². The van der Waals surface area contributed by atoms with E-state index < -0.39 is 17.2 Å². The molecule has 2 rings (SSSR count). The molecule has 0 spiro atoms. The van der Waals surface area contributed by atoms with Crippen LogP contribution in [0.4, 0.5) is 0 Å². The number of aromatic carboxylic acids is 1. The fourth-order valence-electron chi connectivity index (χ4n) is 1.26. The zero-order valence-electron chi connectivity index (χ0n) is 7.62. The van der Waals surface area contributed by atoms with Crippen molar-refractivity contribution >= 4 is 40.2 Å². The first-order valence-corrected chi connectivity index (χ1v) is 4.87. The van der Waals surface area contributed by atoms with Crippen molar-refractivity contribution in [2.45, 2.75) is 0 Å². The van der Waals surface area contributed by atoms with Crippen LogP contribution in [0.2, 0.25) is 10.0 Å². The number of nitrogens with zero attached hydrogens (tertiary/aromatic N) is 1. The van der Waals surface area contributed by atoms with Crippen molar-refractivity contribution in [2.24, 2.45) is 0 Å². The Labute approximate surface area is 98.6 Å². The maximum atomic E-state index is 11.3. The molecule has 0 atom stereocenters. The summed E-state index contributed by atoms with van der Waals surface area (Å²) in [7, 11) is 0. The standard InChI is InChI=1S/C9H4Cl2N2O3/c10-3-1-4(11)6-5(2-3)12-8(14)7(13-6)9(15)16/h1-2H,(H,12,14)(H,15,16). The van der Waals surface area contributed by atoms with Crippen LogP contribution in [0.5, 0.6) is 0 Å². The van der Waals surface area contributed by atoms with Crippen molar-refractivity contribution < 1.29 is 9.90 Å². The lowest BCUT2D eigenvalue weighted by molar-refractivity contribution is 0.0689. The smallest absolute Gasteiger partial charge is 0.360 e. The van der Waals surface area contributed by atoms with Gasteiger partial charge in [0, 0.05) is 5.02 Å². The number of aromatic nitrogens is 2. The molecule has 2 N–H and O–H groups in total. The lowest BCUT2D eigenvalue weighted by Gasteiger charge is -2.01. The van der Waals surface area contributed by atoms with E-state index in [1.54, 1.807) is 0 Å². The van der Waals surface area contributed by atoms with Gasteiger partial charge in [-0.1, -0.05) is 23.2 Å². The van der Waals surface area contributed by atoms with E-state index in [2.05, 4.69) is 9.97 Å². The van der Waals surface area contributed by atoms with Gasteiger partial charge in [0.15, 0.2) is 0 Å². The molecule has 0 aliphatic rings. The fourth-order valence-corrected chi connectivity index (χ4v) is 1.80. The first-order chi connectivity index (χ1) is 7.49. The monoisotopic (exact) mass is 258 g/mol. The topological polar surface area (TPSA) is 83.0 Å². The number of aromatic amines is 1. The van der Waals surface area contributed by atoms with E-state index in [1.165, 1.54) is 12.1 Å². The van der Waals surface area contributed by atoms with Gasteiger partial charge in [0.1, 0.15) is 5.52 Å². The first kappa shape index (κ1) is 10.9. The number of carbonyl (C=O) groups is 1. The van der Waals surface area contributed by atoms with Crippen molar-refractivity contribution in [3.8, 4) is 0 Å². The van der Waals surface area contributed by atoms with Gasteiger partial charge in [-0.15, -0.1) is 0 Å². The zero-order valence-corrected chi connectivity index (χ0v) is 9.13. The predicted molar refractivity (Wildman–Crippen MR) is 59.3 cm³/mol. The third-order valence-electron chi connectivity index (χ3n) is 1.92. The maximum Gasteiger partial charge on any atom is 0.360 e. The Hall–Kier alpha value is -1.59. The summed E-state index contributed by atoms with van der Waals surface area (Å²) in [6.45, 7) is 0. The van der Waals surface area contributed by atoms with Gasteiger partial charge < -0.3 is 10.1 Å². The molecule has 16 heavy (non-hydrogen) atoms. The number of benzene rings is 1. The van der Waals surface area contributed by atoms with E-state index in [0.29, 0.717) is 10.5 Å². The second kappa shape index (κ2) is 3.77. The molecule has 2 aromatic rings. The molecule has 7 heteroatoms. The molecule has 0 amide bonds. The van der Waals surface area contributed by atoms with E-state index in [0.717, 1.165) is 0 Å². The number of hydrogen-bond acceptors (Lipinski definition) is 3. The second-order valence-electron chi connectivity index (χ2n) is 3.00. The Morgan fingerprint density at radius 3 is 2.69 bits per heavy atom. The minimum absolute atomic E-state index is 0.182. The summed E-state index contributed by atoms with van der Waals surface area (Å²) >= 11 is 11.6. The normalized spacial score (nSPS) is 10.6. The third kappa shape index (κ3) is 1.75. The van der Waals surface area contributed by atoms with Crippen LogP contribution in [0.1, 0.15) is 10.5 Å².